The summed E-state index contributed by atoms with van der Waals surface area (Å²) in [4.78, 5) is 12.4. The second kappa shape index (κ2) is 6.68. The molecule has 3 N–H and O–H groups in total. The minimum Gasteiger partial charge on any atom is -0.387 e. The zero-order chi connectivity index (χ0) is 16.4. The summed E-state index contributed by atoms with van der Waals surface area (Å²) in [6.07, 6.45) is 3.26. The maximum Gasteiger partial charge on any atom is 0.227 e. The number of benzene rings is 1. The Kier molecular flexibility index (Phi) is 4.63. The molecule has 0 spiro atoms. The molecule has 0 saturated carbocycles. The van der Waals surface area contributed by atoms with E-state index in [1.165, 1.54) is 18.2 Å². The van der Waals surface area contributed by atoms with E-state index in [2.05, 4.69) is 15.5 Å². The lowest BCUT2D eigenvalue weighted by Gasteiger charge is -2.22. The Morgan fingerprint density at radius 1 is 1.57 bits per heavy atom. The first kappa shape index (κ1) is 16.0. The number of carbonyl (C=O) groups is 1. The zero-order valence-corrected chi connectivity index (χ0v) is 13.1. The van der Waals surface area contributed by atoms with Gasteiger partial charge in [0.15, 0.2) is 0 Å². The predicted molar refractivity (Wildman–Crippen MR) is 83.6 cm³/mol. The average Bonchev–Trinajstić information content (AvgIpc) is 3.03. The van der Waals surface area contributed by atoms with Crippen LogP contribution in [0.4, 0.5) is 4.39 Å². The lowest BCUT2D eigenvalue weighted by Crippen LogP contribution is -2.34. The highest BCUT2D eigenvalue weighted by Crippen LogP contribution is 2.30. The van der Waals surface area contributed by atoms with Crippen LogP contribution in [-0.4, -0.2) is 27.8 Å². The molecule has 0 radical (unpaired) electrons. The molecule has 2 unspecified atom stereocenters. The van der Waals surface area contributed by atoms with Crippen molar-refractivity contribution in [2.45, 2.75) is 31.3 Å². The molecule has 0 fully saturated rings. The topological polar surface area (TPSA) is 78.0 Å². The summed E-state index contributed by atoms with van der Waals surface area (Å²) in [7, 11) is 0. The molecule has 2 aromatic rings. The maximum absolute atomic E-state index is 13.4. The molecule has 122 valence electrons. The Morgan fingerprint density at radius 3 is 3.17 bits per heavy atom. The third-order valence-corrected chi connectivity index (χ3v) is 4.47. The molecule has 2 atom stereocenters. The van der Waals surface area contributed by atoms with Gasteiger partial charge in [0, 0.05) is 17.8 Å². The van der Waals surface area contributed by atoms with E-state index < -0.39 is 11.9 Å². The third-order valence-electron chi connectivity index (χ3n) is 4.16. The van der Waals surface area contributed by atoms with Gasteiger partial charge in [-0.3, -0.25) is 9.89 Å². The second-order valence-electron chi connectivity index (χ2n) is 5.68. The molecule has 1 aliphatic carbocycles. The fourth-order valence-corrected chi connectivity index (χ4v) is 3.01. The monoisotopic (exact) mass is 337 g/mol. The van der Waals surface area contributed by atoms with Gasteiger partial charge < -0.3 is 10.4 Å². The fourth-order valence-electron chi connectivity index (χ4n) is 2.89. The van der Waals surface area contributed by atoms with Gasteiger partial charge >= 0.3 is 0 Å². The number of fused-ring (bicyclic) bond motifs is 1. The summed E-state index contributed by atoms with van der Waals surface area (Å²) in [5.41, 5.74) is 2.29. The first-order valence-electron chi connectivity index (χ1n) is 7.49. The van der Waals surface area contributed by atoms with E-state index in [0.29, 0.717) is 5.56 Å². The van der Waals surface area contributed by atoms with Crippen molar-refractivity contribution in [3.8, 4) is 0 Å². The van der Waals surface area contributed by atoms with Crippen LogP contribution in [0.2, 0.25) is 5.02 Å². The van der Waals surface area contributed by atoms with Crippen molar-refractivity contribution in [1.82, 2.24) is 15.5 Å². The number of aromatic nitrogens is 2. The molecule has 1 amide bonds. The first-order chi connectivity index (χ1) is 11.1. The first-order valence-corrected chi connectivity index (χ1v) is 7.87. The molecule has 1 aromatic heterocycles. The number of amides is 1. The van der Waals surface area contributed by atoms with Crippen molar-refractivity contribution in [2.75, 3.05) is 6.54 Å². The second-order valence-corrected chi connectivity index (χ2v) is 6.09. The molecule has 1 aliphatic rings. The summed E-state index contributed by atoms with van der Waals surface area (Å²) in [6, 6.07) is 4.10. The molecular weight excluding hydrogens is 321 g/mol. The Morgan fingerprint density at radius 2 is 2.39 bits per heavy atom. The number of carbonyl (C=O) groups excluding carboxylic acids is 1. The van der Waals surface area contributed by atoms with E-state index in [-0.39, 0.29) is 23.4 Å². The molecule has 1 heterocycles. The summed E-state index contributed by atoms with van der Waals surface area (Å²) in [5.74, 6) is -1.00. The zero-order valence-electron chi connectivity index (χ0n) is 12.4. The highest BCUT2D eigenvalue weighted by Gasteiger charge is 2.28. The molecule has 0 saturated heterocycles. The number of H-pyrrole nitrogens is 1. The minimum atomic E-state index is -0.988. The van der Waals surface area contributed by atoms with Crippen LogP contribution >= 0.6 is 11.6 Å². The van der Waals surface area contributed by atoms with E-state index in [1.807, 2.05) is 0 Å². The van der Waals surface area contributed by atoms with Crippen molar-refractivity contribution in [3.05, 3.63) is 52.1 Å². The van der Waals surface area contributed by atoms with Gasteiger partial charge in [0.05, 0.1) is 23.2 Å². The largest absolute Gasteiger partial charge is 0.387 e. The molecule has 1 aromatic carbocycles. The Balaban J connectivity index is 1.62. The summed E-state index contributed by atoms with van der Waals surface area (Å²) in [5, 5.41) is 19.7. The van der Waals surface area contributed by atoms with E-state index in [9.17, 15) is 14.3 Å². The van der Waals surface area contributed by atoms with Crippen molar-refractivity contribution < 1.29 is 14.3 Å². The molecule has 0 aliphatic heterocycles. The van der Waals surface area contributed by atoms with Crippen LogP contribution in [0.3, 0.4) is 0 Å². The molecule has 0 bridgehead atoms. The van der Waals surface area contributed by atoms with Crippen LogP contribution in [0.1, 0.15) is 41.7 Å². The highest BCUT2D eigenvalue weighted by molar-refractivity contribution is 6.30. The van der Waals surface area contributed by atoms with Gasteiger partial charge in [0.2, 0.25) is 5.91 Å². The van der Waals surface area contributed by atoms with Crippen LogP contribution in [0, 0.1) is 5.82 Å². The van der Waals surface area contributed by atoms with Crippen LogP contribution in [-0.2, 0) is 11.2 Å². The number of halogens is 2. The van der Waals surface area contributed by atoms with Gasteiger partial charge in [0.25, 0.3) is 0 Å². The normalized spacial score (nSPS) is 18.3. The fraction of sp³-hybridized carbons (Fsp3) is 0.375. The van der Waals surface area contributed by atoms with Gasteiger partial charge in [0.1, 0.15) is 5.82 Å². The van der Waals surface area contributed by atoms with Gasteiger partial charge in [-0.15, -0.1) is 0 Å². The maximum atomic E-state index is 13.4. The molecule has 5 nitrogen and oxygen atoms in total. The van der Waals surface area contributed by atoms with Gasteiger partial charge in [-0.1, -0.05) is 17.7 Å². The Hall–Kier alpha value is -1.92. The van der Waals surface area contributed by atoms with Crippen molar-refractivity contribution >= 4 is 17.5 Å². The number of nitrogens with zero attached hydrogens (tertiary/aromatic N) is 1. The lowest BCUT2D eigenvalue weighted by molar-refractivity contribution is -0.123. The van der Waals surface area contributed by atoms with E-state index in [1.54, 1.807) is 6.20 Å². The number of nitrogens with one attached hydrogen (secondary N) is 2. The van der Waals surface area contributed by atoms with Crippen molar-refractivity contribution in [2.24, 2.45) is 0 Å². The Bertz CT molecular complexity index is 719. The van der Waals surface area contributed by atoms with Crippen LogP contribution in [0.15, 0.2) is 24.4 Å². The van der Waals surface area contributed by atoms with E-state index >= 15 is 0 Å². The lowest BCUT2D eigenvalue weighted by atomic mass is 9.86. The van der Waals surface area contributed by atoms with Crippen LogP contribution in [0.5, 0.6) is 0 Å². The predicted octanol–water partition coefficient (Wildman–Crippen LogP) is 2.47. The number of aliphatic hydroxyl groups is 1. The number of hydrogen-bond donors (Lipinski definition) is 3. The standard InChI is InChI=1S/C16H17ClFN3O2/c17-12-5-4-9(6-13(12)18)15(22)8-19-16(23)10-2-1-3-14-11(10)7-20-21-14/h4-7,10,15,22H,1-3,8H2,(H,19,23)(H,20,21). The smallest absolute Gasteiger partial charge is 0.227 e. The van der Waals surface area contributed by atoms with Crippen LogP contribution in [0.25, 0.3) is 0 Å². The average molecular weight is 338 g/mol. The minimum absolute atomic E-state index is 0.000298. The SMILES string of the molecule is O=C(NCC(O)c1ccc(Cl)c(F)c1)C1CCCc2[nH]ncc21. The number of rotatable bonds is 4. The number of aliphatic hydroxyl groups excluding tert-OH is 1. The van der Waals surface area contributed by atoms with Gasteiger partial charge in [-0.05, 0) is 37.0 Å². The van der Waals surface area contributed by atoms with Crippen LogP contribution < -0.4 is 5.32 Å². The molecule has 7 heteroatoms. The molecular formula is C16H17ClFN3O2. The summed E-state index contributed by atoms with van der Waals surface area (Å²) >= 11 is 5.62. The highest BCUT2D eigenvalue weighted by atomic mass is 35.5. The number of aryl methyl sites for hydroxylation is 1. The van der Waals surface area contributed by atoms with E-state index in [4.69, 9.17) is 11.6 Å². The third kappa shape index (κ3) is 3.38. The number of aromatic amines is 1. The molecule has 23 heavy (non-hydrogen) atoms. The Labute approximate surface area is 137 Å². The number of hydrogen-bond acceptors (Lipinski definition) is 3. The summed E-state index contributed by atoms with van der Waals surface area (Å²) < 4.78 is 13.4. The van der Waals surface area contributed by atoms with Gasteiger partial charge in [-0.25, -0.2) is 4.39 Å². The molecule has 3 rings (SSSR count). The van der Waals surface area contributed by atoms with Gasteiger partial charge in [-0.2, -0.15) is 5.10 Å². The quantitative estimate of drug-likeness (QED) is 0.802. The van der Waals surface area contributed by atoms with Crippen molar-refractivity contribution in [3.63, 3.8) is 0 Å². The van der Waals surface area contributed by atoms with Crippen molar-refractivity contribution in [1.29, 1.82) is 0 Å². The van der Waals surface area contributed by atoms with E-state index in [0.717, 1.165) is 30.5 Å². The summed E-state index contributed by atoms with van der Waals surface area (Å²) in [6.45, 7) is 0.0175.